The fourth-order valence-corrected chi connectivity index (χ4v) is 8.00. The van der Waals surface area contributed by atoms with Crippen molar-refractivity contribution < 1.29 is 9.47 Å². The number of halogens is 1. The number of nitrogens with zero attached hydrogens (tertiary/aromatic N) is 6. The topological polar surface area (TPSA) is 58.9 Å². The van der Waals surface area contributed by atoms with Crippen LogP contribution in [0.2, 0.25) is 5.02 Å². The van der Waals surface area contributed by atoms with Gasteiger partial charge in [0.2, 0.25) is 11.8 Å². The molecule has 2 saturated heterocycles. The van der Waals surface area contributed by atoms with Crippen LogP contribution in [0.5, 0.6) is 11.8 Å². The lowest BCUT2D eigenvalue weighted by molar-refractivity contribution is 0.121. The zero-order valence-corrected chi connectivity index (χ0v) is 30.6. The number of piperidine rings is 1. The normalized spacial score (nSPS) is 18.1. The van der Waals surface area contributed by atoms with Gasteiger partial charge in [0.05, 0.1) is 16.8 Å². The minimum atomic E-state index is 0.391. The van der Waals surface area contributed by atoms with E-state index < -0.39 is 0 Å². The van der Waals surface area contributed by atoms with Gasteiger partial charge < -0.3 is 19.3 Å². The molecule has 0 N–H and O–H groups in total. The zero-order valence-electron chi connectivity index (χ0n) is 29.9. The SMILES string of the molecule is CC1CN(c2ccc(Cl)cc2)CCC1N1CCN(c2cccc3c(-c4ccc(OCc5ccccc5)nc4OCc4ccccc4)nn(C)c23)CC1. The first-order valence-electron chi connectivity index (χ1n) is 18.3. The van der Waals surface area contributed by atoms with E-state index in [-0.39, 0.29) is 0 Å². The molecular weight excluding hydrogens is 668 g/mol. The fourth-order valence-electron chi connectivity index (χ4n) is 7.88. The zero-order chi connectivity index (χ0) is 35.4. The first-order chi connectivity index (χ1) is 25.5. The Hall–Kier alpha value is -5.05. The highest BCUT2D eigenvalue weighted by molar-refractivity contribution is 6.30. The van der Waals surface area contributed by atoms with E-state index in [1.807, 2.05) is 84.5 Å². The Morgan fingerprint density at radius 1 is 0.712 bits per heavy atom. The highest BCUT2D eigenvalue weighted by atomic mass is 35.5. The van der Waals surface area contributed by atoms with Gasteiger partial charge in [0.15, 0.2) is 0 Å². The maximum Gasteiger partial charge on any atom is 0.226 e. The van der Waals surface area contributed by atoms with Crippen molar-refractivity contribution in [3.63, 3.8) is 0 Å². The Labute approximate surface area is 311 Å². The molecule has 0 aliphatic carbocycles. The molecule has 2 fully saturated rings. The molecule has 8 rings (SSSR count). The van der Waals surface area contributed by atoms with E-state index in [1.165, 1.54) is 17.8 Å². The number of aromatic nitrogens is 3. The van der Waals surface area contributed by atoms with Crippen LogP contribution >= 0.6 is 11.6 Å². The monoisotopic (exact) mass is 712 g/mol. The summed E-state index contributed by atoms with van der Waals surface area (Å²) in [5.41, 5.74) is 7.44. The van der Waals surface area contributed by atoms with E-state index in [4.69, 9.17) is 31.2 Å². The molecule has 2 atom stereocenters. The molecule has 9 heteroatoms. The Morgan fingerprint density at radius 3 is 2.10 bits per heavy atom. The number of pyridine rings is 1. The number of rotatable bonds is 10. The third-order valence-corrected chi connectivity index (χ3v) is 10.8. The van der Waals surface area contributed by atoms with Crippen LogP contribution in [-0.2, 0) is 20.3 Å². The van der Waals surface area contributed by atoms with E-state index in [0.29, 0.717) is 36.9 Å². The quantitative estimate of drug-likeness (QED) is 0.141. The third kappa shape index (κ3) is 7.31. The molecule has 266 valence electrons. The van der Waals surface area contributed by atoms with Crippen molar-refractivity contribution in [2.24, 2.45) is 13.0 Å². The Morgan fingerprint density at radius 2 is 1.40 bits per heavy atom. The van der Waals surface area contributed by atoms with Crippen LogP contribution in [0.3, 0.4) is 0 Å². The van der Waals surface area contributed by atoms with Crippen LogP contribution in [0.1, 0.15) is 24.5 Å². The number of aryl methyl sites for hydroxylation is 1. The summed E-state index contributed by atoms with van der Waals surface area (Å²) in [5, 5.41) is 6.96. The fraction of sp³-hybridized carbons (Fsp3) is 0.302. The molecule has 0 saturated carbocycles. The number of piperazine rings is 1. The minimum Gasteiger partial charge on any atom is -0.473 e. The van der Waals surface area contributed by atoms with Crippen LogP contribution in [0, 0.1) is 5.92 Å². The van der Waals surface area contributed by atoms with Gasteiger partial charge in [-0.3, -0.25) is 9.58 Å². The second-order valence-electron chi connectivity index (χ2n) is 14.0. The first-order valence-corrected chi connectivity index (χ1v) is 18.7. The number of ether oxygens (including phenoxy) is 2. The van der Waals surface area contributed by atoms with Gasteiger partial charge in [-0.2, -0.15) is 10.1 Å². The molecule has 2 aromatic heterocycles. The Balaban J connectivity index is 1.00. The molecule has 6 aromatic rings. The largest absolute Gasteiger partial charge is 0.473 e. The number of hydrogen-bond acceptors (Lipinski definition) is 7. The van der Waals surface area contributed by atoms with Gasteiger partial charge in [0.1, 0.15) is 18.9 Å². The third-order valence-electron chi connectivity index (χ3n) is 10.6. The van der Waals surface area contributed by atoms with Crippen molar-refractivity contribution in [1.82, 2.24) is 19.7 Å². The van der Waals surface area contributed by atoms with Crippen molar-refractivity contribution >= 4 is 33.9 Å². The maximum absolute atomic E-state index is 6.42. The first kappa shape index (κ1) is 34.1. The Bertz CT molecular complexity index is 2100. The number of hydrogen-bond donors (Lipinski definition) is 0. The van der Waals surface area contributed by atoms with E-state index in [2.05, 4.69) is 64.1 Å². The molecule has 2 aliphatic rings. The molecule has 2 aliphatic heterocycles. The molecular formula is C43H45ClN6O2. The van der Waals surface area contributed by atoms with Crippen molar-refractivity contribution in [3.05, 3.63) is 131 Å². The van der Waals surface area contributed by atoms with E-state index >= 15 is 0 Å². The molecule has 52 heavy (non-hydrogen) atoms. The van der Waals surface area contributed by atoms with Gasteiger partial charge in [0, 0.05) is 74.5 Å². The number of fused-ring (bicyclic) bond motifs is 1. The van der Waals surface area contributed by atoms with E-state index in [9.17, 15) is 0 Å². The predicted molar refractivity (Wildman–Crippen MR) is 211 cm³/mol. The van der Waals surface area contributed by atoms with Gasteiger partial charge in [-0.15, -0.1) is 0 Å². The summed E-state index contributed by atoms with van der Waals surface area (Å²) in [4.78, 5) is 12.6. The van der Waals surface area contributed by atoms with E-state index in [0.717, 1.165) is 77.6 Å². The molecule has 0 amide bonds. The van der Waals surface area contributed by atoms with Crippen LogP contribution < -0.4 is 19.3 Å². The summed E-state index contributed by atoms with van der Waals surface area (Å²) in [6.45, 7) is 9.40. The summed E-state index contributed by atoms with van der Waals surface area (Å²) in [7, 11) is 2.04. The van der Waals surface area contributed by atoms with Gasteiger partial charge >= 0.3 is 0 Å². The van der Waals surface area contributed by atoms with E-state index in [1.54, 1.807) is 0 Å². The van der Waals surface area contributed by atoms with Crippen LogP contribution in [0.15, 0.2) is 115 Å². The summed E-state index contributed by atoms with van der Waals surface area (Å²) >= 11 is 6.15. The maximum atomic E-state index is 6.42. The number of para-hydroxylation sites is 1. The lowest BCUT2D eigenvalue weighted by Gasteiger charge is -2.46. The molecule has 2 unspecified atom stereocenters. The minimum absolute atomic E-state index is 0.391. The standard InChI is InChI=1S/C43H45ClN6O2/c1-31-28-50(35-18-16-34(44)17-19-35)23-22-38(31)48-24-26-49(27-25-48)39-15-9-14-36-41(46-47(2)42(36)39)37-20-21-40(51-29-32-10-5-3-6-11-32)45-43(37)52-30-33-12-7-4-8-13-33/h3-21,31,38H,22-30H2,1-2H3. The highest BCUT2D eigenvalue weighted by Gasteiger charge is 2.33. The van der Waals surface area contributed by atoms with Gasteiger partial charge in [-0.25, -0.2) is 0 Å². The van der Waals surface area contributed by atoms with Crippen LogP contribution in [0.25, 0.3) is 22.2 Å². The average molecular weight is 713 g/mol. The second kappa shape index (κ2) is 15.3. The molecule has 4 heterocycles. The lowest BCUT2D eigenvalue weighted by atomic mass is 9.91. The second-order valence-corrected chi connectivity index (χ2v) is 14.4. The Kier molecular flexibility index (Phi) is 10.0. The smallest absolute Gasteiger partial charge is 0.226 e. The summed E-state index contributed by atoms with van der Waals surface area (Å²) in [5.74, 6) is 1.60. The van der Waals surface area contributed by atoms with Gasteiger partial charge in [-0.1, -0.05) is 91.3 Å². The molecule has 8 nitrogen and oxygen atoms in total. The molecule has 4 aromatic carbocycles. The van der Waals surface area contributed by atoms with Crippen molar-refractivity contribution in [3.8, 4) is 23.0 Å². The summed E-state index contributed by atoms with van der Waals surface area (Å²) in [6, 6.07) is 39.6. The van der Waals surface area contributed by atoms with Crippen molar-refractivity contribution in [1.29, 1.82) is 0 Å². The van der Waals surface area contributed by atoms with Crippen molar-refractivity contribution in [2.45, 2.75) is 32.6 Å². The highest BCUT2D eigenvalue weighted by Crippen LogP contribution is 2.39. The predicted octanol–water partition coefficient (Wildman–Crippen LogP) is 8.48. The van der Waals surface area contributed by atoms with Crippen molar-refractivity contribution in [2.75, 3.05) is 49.1 Å². The summed E-state index contributed by atoms with van der Waals surface area (Å²) in [6.07, 6.45) is 1.17. The van der Waals surface area contributed by atoms with Crippen LogP contribution in [0.4, 0.5) is 11.4 Å². The summed E-state index contributed by atoms with van der Waals surface area (Å²) < 4.78 is 14.6. The molecule has 0 radical (unpaired) electrons. The number of benzene rings is 4. The van der Waals surface area contributed by atoms with Crippen LogP contribution in [-0.4, -0.2) is 65.0 Å². The lowest BCUT2D eigenvalue weighted by Crippen LogP contribution is -2.56. The number of anilines is 2. The van der Waals surface area contributed by atoms with Gasteiger partial charge in [0.25, 0.3) is 0 Å². The average Bonchev–Trinajstić information content (AvgIpc) is 3.53. The molecule has 0 bridgehead atoms. The molecule has 0 spiro atoms. The van der Waals surface area contributed by atoms with Gasteiger partial charge in [-0.05, 0) is 59.9 Å².